The number of aromatic nitrogens is 2. The highest BCUT2D eigenvalue weighted by atomic mass is 16.2. The van der Waals surface area contributed by atoms with Gasteiger partial charge in [0.05, 0.1) is 17.0 Å². The summed E-state index contributed by atoms with van der Waals surface area (Å²) in [6.45, 7) is 0.324. The Morgan fingerprint density at radius 1 is 1.15 bits per heavy atom. The van der Waals surface area contributed by atoms with Crippen LogP contribution in [0, 0.1) is 0 Å². The third-order valence-corrected chi connectivity index (χ3v) is 4.79. The molecule has 1 unspecified atom stereocenters. The van der Waals surface area contributed by atoms with Crippen molar-refractivity contribution in [3.63, 3.8) is 0 Å². The van der Waals surface area contributed by atoms with Crippen molar-refractivity contribution >= 4 is 28.5 Å². The molecule has 7 nitrogen and oxygen atoms in total. The number of anilines is 1. The zero-order chi connectivity index (χ0) is 18.3. The van der Waals surface area contributed by atoms with Crippen molar-refractivity contribution in [3.8, 4) is 0 Å². The smallest absolute Gasteiger partial charge is 0.323 e. The third kappa shape index (κ3) is 2.77. The maximum atomic E-state index is 12.7. The lowest BCUT2D eigenvalue weighted by molar-refractivity contribution is -0.127. The highest BCUT2D eigenvalue weighted by Gasteiger charge is 2.33. The molecule has 0 aliphatic carbocycles. The molecule has 0 radical (unpaired) electrons. The van der Waals surface area contributed by atoms with E-state index in [4.69, 9.17) is 0 Å². The normalized spacial score (nSPS) is 16.6. The Morgan fingerprint density at radius 3 is 2.77 bits per heavy atom. The fraction of sp³-hybridized carbons (Fsp3) is 0.211. The summed E-state index contributed by atoms with van der Waals surface area (Å²) in [7, 11) is 1.72. The first-order valence-electron chi connectivity index (χ1n) is 8.37. The van der Waals surface area contributed by atoms with E-state index < -0.39 is 5.92 Å². The lowest BCUT2D eigenvalue weighted by Crippen LogP contribution is -2.39. The van der Waals surface area contributed by atoms with E-state index in [2.05, 4.69) is 15.3 Å². The Bertz CT molecular complexity index is 1070. The average Bonchev–Trinajstić information content (AvgIpc) is 3.02. The number of imidazole rings is 1. The van der Waals surface area contributed by atoms with E-state index in [-0.39, 0.29) is 23.9 Å². The standard InChI is InChI=1S/C19H18N4O3/c1-23-16-5-3-2-4-12(16)13(9-17(23)24)18(25)20-10-11-6-7-14-15(8-11)22-19(26)21-14/h2-8,13H,9-10H2,1H3,(H,20,25)(H2,21,22,26). The molecule has 0 fully saturated rings. The van der Waals surface area contributed by atoms with Gasteiger partial charge in [-0.15, -0.1) is 0 Å². The van der Waals surface area contributed by atoms with Crippen LogP contribution in [0.2, 0.25) is 0 Å². The highest BCUT2D eigenvalue weighted by molar-refractivity contribution is 6.02. The van der Waals surface area contributed by atoms with E-state index in [1.165, 1.54) is 0 Å². The zero-order valence-corrected chi connectivity index (χ0v) is 14.2. The fourth-order valence-corrected chi connectivity index (χ4v) is 3.38. The Balaban J connectivity index is 1.53. The molecule has 0 saturated heterocycles. The molecule has 1 aliphatic heterocycles. The number of benzene rings is 2. The maximum Gasteiger partial charge on any atom is 0.323 e. The van der Waals surface area contributed by atoms with Crippen molar-refractivity contribution in [2.75, 3.05) is 11.9 Å². The molecule has 3 aromatic rings. The summed E-state index contributed by atoms with van der Waals surface area (Å²) in [6.07, 6.45) is 0.156. The molecule has 2 aromatic carbocycles. The predicted octanol–water partition coefficient (Wildman–Crippen LogP) is 1.62. The summed E-state index contributed by atoms with van der Waals surface area (Å²) in [5, 5.41) is 2.90. The van der Waals surface area contributed by atoms with Gasteiger partial charge in [-0.25, -0.2) is 4.79 Å². The van der Waals surface area contributed by atoms with Crippen molar-refractivity contribution in [1.29, 1.82) is 0 Å². The number of carbonyl (C=O) groups is 2. The molecule has 2 amide bonds. The number of fused-ring (bicyclic) bond motifs is 2. The summed E-state index contributed by atoms with van der Waals surface area (Å²) >= 11 is 0. The van der Waals surface area contributed by atoms with Crippen LogP contribution in [0.25, 0.3) is 11.0 Å². The van der Waals surface area contributed by atoms with Crippen LogP contribution in [-0.4, -0.2) is 28.8 Å². The van der Waals surface area contributed by atoms with Crippen LogP contribution in [0.15, 0.2) is 47.3 Å². The van der Waals surface area contributed by atoms with Crippen LogP contribution in [-0.2, 0) is 16.1 Å². The summed E-state index contributed by atoms with van der Waals surface area (Å²) in [5.74, 6) is -0.748. The second-order valence-corrected chi connectivity index (χ2v) is 6.45. The largest absolute Gasteiger partial charge is 0.351 e. The molecule has 3 N–H and O–H groups in total. The summed E-state index contributed by atoms with van der Waals surface area (Å²) in [5.41, 5.74) is 3.66. The van der Waals surface area contributed by atoms with Gasteiger partial charge in [-0.1, -0.05) is 24.3 Å². The topological polar surface area (TPSA) is 98.1 Å². The van der Waals surface area contributed by atoms with Gasteiger partial charge in [0.15, 0.2) is 0 Å². The van der Waals surface area contributed by atoms with Crippen molar-refractivity contribution < 1.29 is 9.59 Å². The minimum absolute atomic E-state index is 0.0739. The summed E-state index contributed by atoms with van der Waals surface area (Å²) < 4.78 is 0. The number of nitrogens with one attached hydrogen (secondary N) is 3. The van der Waals surface area contributed by atoms with E-state index in [1.807, 2.05) is 36.4 Å². The Morgan fingerprint density at radius 2 is 1.92 bits per heavy atom. The lowest BCUT2D eigenvalue weighted by atomic mass is 9.89. The van der Waals surface area contributed by atoms with Gasteiger partial charge >= 0.3 is 5.69 Å². The summed E-state index contributed by atoms with van der Waals surface area (Å²) in [6, 6.07) is 12.9. The molecule has 1 aromatic heterocycles. The Labute approximate surface area is 149 Å². The second kappa shape index (κ2) is 6.18. The van der Waals surface area contributed by atoms with Gasteiger partial charge in [-0.05, 0) is 29.3 Å². The molecule has 1 aliphatic rings. The minimum atomic E-state index is -0.495. The Kier molecular flexibility index (Phi) is 3.84. The van der Waals surface area contributed by atoms with Gasteiger partial charge in [0.1, 0.15) is 0 Å². The molecule has 132 valence electrons. The Hall–Kier alpha value is -3.35. The molecule has 2 heterocycles. The number of carbonyl (C=O) groups excluding carboxylic acids is 2. The van der Waals surface area contributed by atoms with Gasteiger partial charge in [0.25, 0.3) is 0 Å². The number of aromatic amines is 2. The van der Waals surface area contributed by atoms with Crippen molar-refractivity contribution in [2.45, 2.75) is 18.9 Å². The molecular formula is C19H18N4O3. The van der Waals surface area contributed by atoms with Crippen molar-refractivity contribution in [3.05, 3.63) is 64.1 Å². The van der Waals surface area contributed by atoms with Crippen molar-refractivity contribution in [2.24, 2.45) is 0 Å². The van der Waals surface area contributed by atoms with E-state index >= 15 is 0 Å². The molecule has 0 spiro atoms. The van der Waals surface area contributed by atoms with Crippen LogP contribution in [0.4, 0.5) is 5.69 Å². The molecule has 26 heavy (non-hydrogen) atoms. The first kappa shape index (κ1) is 16.1. The maximum absolute atomic E-state index is 12.7. The average molecular weight is 350 g/mol. The highest BCUT2D eigenvalue weighted by Crippen LogP contribution is 2.35. The number of hydrogen-bond donors (Lipinski definition) is 3. The number of nitrogens with zero attached hydrogens (tertiary/aromatic N) is 1. The third-order valence-electron chi connectivity index (χ3n) is 4.79. The SMILES string of the molecule is CN1C(=O)CC(C(=O)NCc2ccc3[nH]c(=O)[nH]c3c2)c2ccccc21. The van der Waals surface area contributed by atoms with Gasteiger partial charge < -0.3 is 20.2 Å². The first-order chi connectivity index (χ1) is 12.5. The van der Waals surface area contributed by atoms with Gasteiger partial charge in [0.2, 0.25) is 11.8 Å². The quantitative estimate of drug-likeness (QED) is 0.669. The lowest BCUT2D eigenvalue weighted by Gasteiger charge is -2.30. The number of amides is 2. The molecule has 4 rings (SSSR count). The van der Waals surface area contributed by atoms with E-state index in [0.717, 1.165) is 22.3 Å². The molecule has 0 saturated carbocycles. The molecule has 1 atom stereocenters. The zero-order valence-electron chi connectivity index (χ0n) is 14.2. The molecular weight excluding hydrogens is 332 g/mol. The van der Waals surface area contributed by atoms with Crippen molar-refractivity contribution in [1.82, 2.24) is 15.3 Å². The summed E-state index contributed by atoms with van der Waals surface area (Å²) in [4.78, 5) is 43.2. The number of para-hydroxylation sites is 1. The number of H-pyrrole nitrogens is 2. The van der Waals surface area contributed by atoms with Gasteiger partial charge in [-0.2, -0.15) is 0 Å². The fourth-order valence-electron chi connectivity index (χ4n) is 3.38. The number of rotatable bonds is 3. The van der Waals surface area contributed by atoms with Crippen LogP contribution in [0.1, 0.15) is 23.5 Å². The minimum Gasteiger partial charge on any atom is -0.351 e. The van der Waals surface area contributed by atoms with E-state index in [9.17, 15) is 14.4 Å². The second-order valence-electron chi connectivity index (χ2n) is 6.45. The predicted molar refractivity (Wildman–Crippen MR) is 98.0 cm³/mol. The van der Waals surface area contributed by atoms with Crippen LogP contribution in [0.5, 0.6) is 0 Å². The van der Waals surface area contributed by atoms with Crippen LogP contribution in [0.3, 0.4) is 0 Å². The van der Waals surface area contributed by atoms with Gasteiger partial charge in [0, 0.05) is 25.7 Å². The van der Waals surface area contributed by atoms with Crippen LogP contribution >= 0.6 is 0 Å². The monoisotopic (exact) mass is 350 g/mol. The molecule has 7 heteroatoms. The van der Waals surface area contributed by atoms with Gasteiger partial charge in [-0.3, -0.25) is 9.59 Å². The van der Waals surface area contributed by atoms with Crippen LogP contribution < -0.4 is 15.9 Å². The number of hydrogen-bond acceptors (Lipinski definition) is 3. The van der Waals surface area contributed by atoms with E-state index in [1.54, 1.807) is 18.0 Å². The first-order valence-corrected chi connectivity index (χ1v) is 8.37. The van der Waals surface area contributed by atoms with E-state index in [0.29, 0.717) is 12.1 Å². The molecule has 0 bridgehead atoms.